The van der Waals surface area contributed by atoms with Crippen molar-refractivity contribution in [1.29, 1.82) is 0 Å². The summed E-state index contributed by atoms with van der Waals surface area (Å²) in [5.74, 6) is 0.530. The van der Waals surface area contributed by atoms with Crippen LogP contribution in [-0.2, 0) is 21.2 Å². The molecule has 0 radical (unpaired) electrons. The van der Waals surface area contributed by atoms with Gasteiger partial charge in [-0.2, -0.15) is 5.10 Å². The van der Waals surface area contributed by atoms with Gasteiger partial charge in [0, 0.05) is 24.9 Å². The average molecular weight is 349 g/mol. The predicted octanol–water partition coefficient (Wildman–Crippen LogP) is 2.45. The fourth-order valence-electron chi connectivity index (χ4n) is 2.45. The molecule has 1 amide bonds. The highest BCUT2D eigenvalue weighted by Gasteiger charge is 2.15. The summed E-state index contributed by atoms with van der Waals surface area (Å²) in [6, 6.07) is 11.6. The smallest absolute Gasteiger partial charge is 0.226 e. The van der Waals surface area contributed by atoms with Gasteiger partial charge in [-0.25, -0.2) is 8.42 Å². The van der Waals surface area contributed by atoms with Crippen LogP contribution >= 0.6 is 0 Å². The molecule has 0 fully saturated rings. The fourth-order valence-corrected chi connectivity index (χ4v) is 2.97. The molecular weight excluding hydrogens is 326 g/mol. The van der Waals surface area contributed by atoms with Crippen LogP contribution in [0.2, 0.25) is 0 Å². The lowest BCUT2D eigenvalue weighted by Crippen LogP contribution is -2.16. The predicted molar refractivity (Wildman–Crippen MR) is 94.7 cm³/mol. The summed E-state index contributed by atoms with van der Waals surface area (Å²) in [5.41, 5.74) is 1.15. The molecular formula is C17H23N3O3S. The van der Waals surface area contributed by atoms with Crippen LogP contribution in [0, 0.1) is 0 Å². The first-order chi connectivity index (χ1) is 11.4. The van der Waals surface area contributed by atoms with Gasteiger partial charge < -0.3 is 5.32 Å². The van der Waals surface area contributed by atoms with Crippen molar-refractivity contribution in [3.63, 3.8) is 0 Å². The van der Waals surface area contributed by atoms with Gasteiger partial charge in [0.1, 0.15) is 9.84 Å². The maximum atomic E-state index is 12.2. The number of anilines is 1. The summed E-state index contributed by atoms with van der Waals surface area (Å²) in [6.07, 6.45) is 4.11. The topological polar surface area (TPSA) is 81.1 Å². The Bertz CT molecular complexity index is 769. The molecule has 1 heterocycles. The van der Waals surface area contributed by atoms with E-state index in [2.05, 4.69) is 17.3 Å². The van der Waals surface area contributed by atoms with Gasteiger partial charge in [-0.3, -0.25) is 9.48 Å². The van der Waals surface area contributed by atoms with E-state index < -0.39 is 9.84 Å². The third kappa shape index (κ3) is 5.81. The largest absolute Gasteiger partial charge is 0.309 e. The normalized spacial score (nSPS) is 12.8. The van der Waals surface area contributed by atoms with Crippen molar-refractivity contribution in [2.45, 2.75) is 32.2 Å². The van der Waals surface area contributed by atoms with Gasteiger partial charge in [-0.15, -0.1) is 0 Å². The third-order valence-electron chi connectivity index (χ3n) is 3.79. The second-order valence-electron chi connectivity index (χ2n) is 5.86. The summed E-state index contributed by atoms with van der Waals surface area (Å²) < 4.78 is 23.9. The molecule has 0 spiro atoms. The van der Waals surface area contributed by atoms with Crippen molar-refractivity contribution in [3.8, 4) is 0 Å². The summed E-state index contributed by atoms with van der Waals surface area (Å²) >= 11 is 0. The summed E-state index contributed by atoms with van der Waals surface area (Å²) in [7, 11) is -3.03. The number of carbonyl (C=O) groups excluding carboxylic acids is 1. The van der Waals surface area contributed by atoms with E-state index in [9.17, 15) is 13.2 Å². The number of rotatable bonds is 8. The number of hydrogen-bond acceptors (Lipinski definition) is 4. The average Bonchev–Trinajstić information content (AvgIpc) is 2.98. The monoisotopic (exact) mass is 349 g/mol. The minimum Gasteiger partial charge on any atom is -0.309 e. The van der Waals surface area contributed by atoms with Gasteiger partial charge >= 0.3 is 0 Å². The molecule has 1 atom stereocenters. The van der Waals surface area contributed by atoms with E-state index in [1.807, 2.05) is 30.3 Å². The summed E-state index contributed by atoms with van der Waals surface area (Å²) in [6.45, 7) is 2.33. The Morgan fingerprint density at radius 1 is 1.25 bits per heavy atom. The molecule has 0 saturated carbocycles. The Hall–Kier alpha value is -2.15. The SMILES string of the molecule is CCC(CC(=O)Nc1ccn(CCS(C)(=O)=O)n1)c1ccccc1. The second kappa shape index (κ2) is 8.10. The zero-order chi connectivity index (χ0) is 17.6. The van der Waals surface area contributed by atoms with Gasteiger partial charge in [0.2, 0.25) is 5.91 Å². The number of nitrogens with one attached hydrogen (secondary N) is 1. The van der Waals surface area contributed by atoms with Gasteiger partial charge in [0.15, 0.2) is 5.82 Å². The van der Waals surface area contributed by atoms with Crippen LogP contribution in [0.15, 0.2) is 42.6 Å². The van der Waals surface area contributed by atoms with E-state index in [1.54, 1.807) is 12.3 Å². The van der Waals surface area contributed by atoms with E-state index in [4.69, 9.17) is 0 Å². The van der Waals surface area contributed by atoms with Crippen LogP contribution in [0.5, 0.6) is 0 Å². The van der Waals surface area contributed by atoms with Crippen LogP contribution in [-0.4, -0.2) is 36.1 Å². The van der Waals surface area contributed by atoms with Crippen molar-refractivity contribution in [3.05, 3.63) is 48.2 Å². The minimum atomic E-state index is -3.03. The molecule has 2 aromatic rings. The first kappa shape index (κ1) is 18.2. The molecule has 0 aliphatic rings. The zero-order valence-corrected chi connectivity index (χ0v) is 14.8. The van der Waals surface area contributed by atoms with Gasteiger partial charge in [0.25, 0.3) is 0 Å². The highest BCUT2D eigenvalue weighted by Crippen LogP contribution is 2.23. The van der Waals surface area contributed by atoms with E-state index in [0.29, 0.717) is 12.2 Å². The van der Waals surface area contributed by atoms with Crippen molar-refractivity contribution < 1.29 is 13.2 Å². The highest BCUT2D eigenvalue weighted by atomic mass is 32.2. The lowest BCUT2D eigenvalue weighted by atomic mass is 9.93. The Morgan fingerprint density at radius 3 is 2.58 bits per heavy atom. The number of benzene rings is 1. The number of amides is 1. The molecule has 1 aromatic carbocycles. The van der Waals surface area contributed by atoms with Crippen LogP contribution in [0.25, 0.3) is 0 Å². The maximum Gasteiger partial charge on any atom is 0.226 e. The zero-order valence-electron chi connectivity index (χ0n) is 14.0. The van der Waals surface area contributed by atoms with E-state index in [-0.39, 0.29) is 24.1 Å². The minimum absolute atomic E-state index is 0.0218. The van der Waals surface area contributed by atoms with Gasteiger partial charge in [-0.05, 0) is 17.9 Å². The van der Waals surface area contributed by atoms with Crippen LogP contribution in [0.1, 0.15) is 31.2 Å². The molecule has 130 valence electrons. The fraction of sp³-hybridized carbons (Fsp3) is 0.412. The molecule has 2 rings (SSSR count). The summed E-state index contributed by atoms with van der Waals surface area (Å²) in [5, 5.41) is 6.95. The van der Waals surface area contributed by atoms with E-state index in [0.717, 1.165) is 12.0 Å². The van der Waals surface area contributed by atoms with Crippen molar-refractivity contribution in [2.75, 3.05) is 17.3 Å². The quantitative estimate of drug-likeness (QED) is 0.794. The first-order valence-electron chi connectivity index (χ1n) is 7.93. The van der Waals surface area contributed by atoms with Crippen LogP contribution < -0.4 is 5.32 Å². The highest BCUT2D eigenvalue weighted by molar-refractivity contribution is 7.90. The van der Waals surface area contributed by atoms with Gasteiger partial charge in [-0.1, -0.05) is 37.3 Å². The molecule has 1 aromatic heterocycles. The van der Waals surface area contributed by atoms with Gasteiger partial charge in [0.05, 0.1) is 12.3 Å². The number of aromatic nitrogens is 2. The number of sulfone groups is 1. The van der Waals surface area contributed by atoms with E-state index >= 15 is 0 Å². The van der Waals surface area contributed by atoms with Crippen molar-refractivity contribution in [1.82, 2.24) is 9.78 Å². The molecule has 24 heavy (non-hydrogen) atoms. The summed E-state index contributed by atoms with van der Waals surface area (Å²) in [4.78, 5) is 12.2. The van der Waals surface area contributed by atoms with Crippen molar-refractivity contribution >= 4 is 21.6 Å². The molecule has 1 N–H and O–H groups in total. The number of hydrogen-bond donors (Lipinski definition) is 1. The van der Waals surface area contributed by atoms with Crippen LogP contribution in [0.3, 0.4) is 0 Å². The molecule has 0 bridgehead atoms. The maximum absolute atomic E-state index is 12.2. The third-order valence-corrected chi connectivity index (χ3v) is 4.72. The van der Waals surface area contributed by atoms with E-state index in [1.165, 1.54) is 10.9 Å². The first-order valence-corrected chi connectivity index (χ1v) is 9.99. The Labute approximate surface area is 142 Å². The Morgan fingerprint density at radius 2 is 1.96 bits per heavy atom. The number of aryl methyl sites for hydroxylation is 1. The number of nitrogens with zero attached hydrogens (tertiary/aromatic N) is 2. The molecule has 0 aliphatic carbocycles. The molecule has 0 saturated heterocycles. The van der Waals surface area contributed by atoms with Crippen molar-refractivity contribution in [2.24, 2.45) is 0 Å². The Balaban J connectivity index is 1.91. The lowest BCUT2D eigenvalue weighted by Gasteiger charge is -2.14. The molecule has 0 aliphatic heterocycles. The molecule has 1 unspecified atom stereocenters. The second-order valence-corrected chi connectivity index (χ2v) is 8.12. The Kier molecular flexibility index (Phi) is 6.14. The van der Waals surface area contributed by atoms with Crippen LogP contribution in [0.4, 0.5) is 5.82 Å². The number of carbonyl (C=O) groups is 1. The molecule has 6 nitrogen and oxygen atoms in total. The standard InChI is InChI=1S/C17H23N3O3S/c1-3-14(15-7-5-4-6-8-15)13-17(21)18-16-9-10-20(19-16)11-12-24(2,22)23/h4-10,14H,3,11-13H2,1-2H3,(H,18,19,21). The lowest BCUT2D eigenvalue weighted by molar-refractivity contribution is -0.116. The molecule has 7 heteroatoms.